The van der Waals surface area contributed by atoms with Crippen LogP contribution in [0, 0.1) is 0 Å². The molecule has 1 heterocycles. The molecule has 1 aliphatic heterocycles. The lowest BCUT2D eigenvalue weighted by Gasteiger charge is -2.15. The van der Waals surface area contributed by atoms with E-state index in [0.29, 0.717) is 0 Å². The average Bonchev–Trinajstić information content (AvgIpc) is 2.15. The van der Waals surface area contributed by atoms with Crippen LogP contribution in [0.15, 0.2) is 0 Å². The van der Waals surface area contributed by atoms with Gasteiger partial charge in [-0.1, -0.05) is 12.1 Å². The van der Waals surface area contributed by atoms with Gasteiger partial charge in [0.2, 0.25) is 0 Å². The smallest absolute Gasteiger partial charge is 0.0944 e. The standard InChI is InChI=1S/C6H17NSi2/c1-6(8)9-7-4-2-3-5-7/h6H,2-5,9H2,1,8H3. The Morgan fingerprint density at radius 3 is 2.44 bits per heavy atom. The number of nitrogens with zero attached hydrogens (tertiary/aromatic N) is 1. The van der Waals surface area contributed by atoms with E-state index in [9.17, 15) is 0 Å². The Labute approximate surface area is 63.1 Å². The number of hydrogen-bond donors (Lipinski definition) is 0. The Bertz CT molecular complexity index is 79.1. The summed E-state index contributed by atoms with van der Waals surface area (Å²) < 4.78 is 2.73. The largest absolute Gasteiger partial charge is 0.329 e. The fraction of sp³-hybridized carbons (Fsp3) is 1.00. The first-order valence-electron chi connectivity index (χ1n) is 4.01. The van der Waals surface area contributed by atoms with Gasteiger partial charge in [-0.3, -0.25) is 0 Å². The lowest BCUT2D eigenvalue weighted by molar-refractivity contribution is 0.548. The number of rotatable bonds is 2. The summed E-state index contributed by atoms with van der Waals surface area (Å²) in [6.07, 6.45) is 2.95. The molecule has 1 rings (SSSR count). The van der Waals surface area contributed by atoms with Gasteiger partial charge < -0.3 is 4.57 Å². The predicted molar refractivity (Wildman–Crippen MR) is 48.7 cm³/mol. The van der Waals surface area contributed by atoms with Crippen molar-refractivity contribution in [2.24, 2.45) is 0 Å². The minimum absolute atomic E-state index is 0.218. The molecule has 0 aromatic carbocycles. The van der Waals surface area contributed by atoms with Gasteiger partial charge in [-0.15, -0.1) is 0 Å². The van der Waals surface area contributed by atoms with Crippen molar-refractivity contribution in [3.8, 4) is 0 Å². The molecule has 1 saturated heterocycles. The predicted octanol–water partition coefficient (Wildman–Crippen LogP) is -0.703. The Morgan fingerprint density at radius 2 is 2.00 bits per heavy atom. The van der Waals surface area contributed by atoms with Crippen molar-refractivity contribution in [1.82, 2.24) is 4.57 Å². The highest BCUT2D eigenvalue weighted by Crippen LogP contribution is 2.08. The molecule has 0 aromatic heterocycles. The molecule has 1 atom stereocenters. The van der Waals surface area contributed by atoms with Gasteiger partial charge in [-0.05, 0) is 25.9 Å². The molecule has 1 unspecified atom stereocenters. The van der Waals surface area contributed by atoms with Gasteiger partial charge in [0.25, 0.3) is 0 Å². The molecule has 9 heavy (non-hydrogen) atoms. The van der Waals surface area contributed by atoms with Crippen LogP contribution in [0.5, 0.6) is 0 Å². The van der Waals surface area contributed by atoms with Crippen LogP contribution in [0.1, 0.15) is 19.8 Å². The molecule has 0 radical (unpaired) electrons. The quantitative estimate of drug-likeness (QED) is 0.482. The summed E-state index contributed by atoms with van der Waals surface area (Å²) in [5.41, 5.74) is 0. The molecule has 1 fully saturated rings. The van der Waals surface area contributed by atoms with Crippen LogP contribution in [0.4, 0.5) is 0 Å². The second-order valence-electron chi connectivity index (χ2n) is 3.40. The molecular formula is C6H17NSi2. The molecule has 1 nitrogen and oxygen atoms in total. The number of hydrogen-bond acceptors (Lipinski definition) is 1. The van der Waals surface area contributed by atoms with Gasteiger partial charge in [0.15, 0.2) is 0 Å². The zero-order valence-corrected chi connectivity index (χ0v) is 9.97. The normalized spacial score (nSPS) is 26.3. The average molecular weight is 159 g/mol. The second kappa shape index (κ2) is 3.53. The first kappa shape index (κ1) is 7.50. The van der Waals surface area contributed by atoms with Crippen LogP contribution in [0.25, 0.3) is 0 Å². The summed E-state index contributed by atoms with van der Waals surface area (Å²) in [6, 6.07) is 0. The third-order valence-electron chi connectivity index (χ3n) is 1.82. The highest BCUT2D eigenvalue weighted by Gasteiger charge is 2.11. The maximum atomic E-state index is 2.73. The minimum atomic E-state index is 0.218. The third kappa shape index (κ3) is 2.64. The van der Waals surface area contributed by atoms with Crippen LogP contribution in [-0.4, -0.2) is 37.6 Å². The topological polar surface area (TPSA) is 3.24 Å². The van der Waals surface area contributed by atoms with E-state index in [-0.39, 0.29) is 9.68 Å². The van der Waals surface area contributed by atoms with Crippen molar-refractivity contribution < 1.29 is 0 Å². The molecule has 0 amide bonds. The summed E-state index contributed by atoms with van der Waals surface area (Å²) in [7, 11) is 1.64. The summed E-state index contributed by atoms with van der Waals surface area (Å²) in [6.45, 7) is 5.27. The fourth-order valence-corrected chi connectivity index (χ4v) is 4.88. The van der Waals surface area contributed by atoms with Crippen molar-refractivity contribution in [3.05, 3.63) is 0 Å². The maximum Gasteiger partial charge on any atom is 0.0944 e. The monoisotopic (exact) mass is 159 g/mol. The molecule has 0 aliphatic carbocycles. The maximum absolute atomic E-state index is 2.73. The van der Waals surface area contributed by atoms with Crippen LogP contribution in [-0.2, 0) is 0 Å². The molecule has 0 spiro atoms. The van der Waals surface area contributed by atoms with E-state index in [1.54, 1.807) is 0 Å². The van der Waals surface area contributed by atoms with Crippen LogP contribution < -0.4 is 0 Å². The highest BCUT2D eigenvalue weighted by atomic mass is 28.3. The molecule has 0 N–H and O–H groups in total. The van der Waals surface area contributed by atoms with Crippen molar-refractivity contribution in [2.75, 3.05) is 13.1 Å². The lowest BCUT2D eigenvalue weighted by atomic mass is 10.4. The molecule has 0 aromatic rings. The van der Waals surface area contributed by atoms with Crippen molar-refractivity contribution in [3.63, 3.8) is 0 Å². The lowest BCUT2D eigenvalue weighted by Crippen LogP contribution is -2.26. The van der Waals surface area contributed by atoms with E-state index in [1.807, 2.05) is 0 Å². The van der Waals surface area contributed by atoms with E-state index in [4.69, 9.17) is 0 Å². The van der Waals surface area contributed by atoms with Gasteiger partial charge in [0, 0.05) is 10.2 Å². The Hall–Kier alpha value is 0.394. The molecular weight excluding hydrogens is 142 g/mol. The van der Waals surface area contributed by atoms with Gasteiger partial charge >= 0.3 is 0 Å². The zero-order valence-electron chi connectivity index (χ0n) is 6.56. The van der Waals surface area contributed by atoms with Gasteiger partial charge in [-0.25, -0.2) is 0 Å². The Kier molecular flexibility index (Phi) is 2.95. The molecule has 0 bridgehead atoms. The van der Waals surface area contributed by atoms with Gasteiger partial charge in [0.1, 0.15) is 0 Å². The van der Waals surface area contributed by atoms with Crippen LogP contribution in [0.2, 0.25) is 5.16 Å². The Balaban J connectivity index is 2.11. The summed E-state index contributed by atoms with van der Waals surface area (Å²) >= 11 is 0. The molecule has 1 aliphatic rings. The SMILES string of the molecule is CC([SiH3])[SiH2]N1CCCC1. The molecule has 54 valence electrons. The van der Waals surface area contributed by atoms with E-state index in [1.165, 1.54) is 36.2 Å². The van der Waals surface area contributed by atoms with Crippen molar-refractivity contribution in [2.45, 2.75) is 24.9 Å². The van der Waals surface area contributed by atoms with Crippen molar-refractivity contribution >= 4 is 19.9 Å². The minimum Gasteiger partial charge on any atom is -0.329 e. The van der Waals surface area contributed by atoms with E-state index < -0.39 is 0 Å². The van der Waals surface area contributed by atoms with Crippen molar-refractivity contribution in [1.29, 1.82) is 0 Å². The second-order valence-corrected chi connectivity index (χ2v) is 9.90. The summed E-state index contributed by atoms with van der Waals surface area (Å²) in [5, 5.41) is 1.13. The van der Waals surface area contributed by atoms with Crippen LogP contribution in [0.3, 0.4) is 0 Å². The van der Waals surface area contributed by atoms with E-state index in [0.717, 1.165) is 5.16 Å². The first-order chi connectivity index (χ1) is 4.29. The zero-order chi connectivity index (χ0) is 6.69. The fourth-order valence-electron chi connectivity index (χ4n) is 1.48. The molecule has 0 saturated carbocycles. The summed E-state index contributed by atoms with van der Waals surface area (Å²) in [5.74, 6) is 0. The van der Waals surface area contributed by atoms with Gasteiger partial charge in [0.05, 0.1) is 9.68 Å². The summed E-state index contributed by atoms with van der Waals surface area (Å²) in [4.78, 5) is 0. The van der Waals surface area contributed by atoms with Gasteiger partial charge in [-0.2, -0.15) is 0 Å². The van der Waals surface area contributed by atoms with E-state index >= 15 is 0 Å². The van der Waals surface area contributed by atoms with E-state index in [2.05, 4.69) is 11.5 Å². The first-order valence-corrected chi connectivity index (χ1v) is 6.62. The third-order valence-corrected chi connectivity index (χ3v) is 4.80. The Morgan fingerprint density at radius 1 is 1.44 bits per heavy atom. The highest BCUT2D eigenvalue weighted by molar-refractivity contribution is 6.47. The van der Waals surface area contributed by atoms with Crippen LogP contribution >= 0.6 is 0 Å². The molecule has 3 heteroatoms.